The zero-order chi connectivity index (χ0) is 33.2. The molecule has 0 saturated carbocycles. The molecule has 8 heteroatoms. The van der Waals surface area contributed by atoms with Gasteiger partial charge in [-0.15, -0.1) is 0 Å². The van der Waals surface area contributed by atoms with E-state index in [0.29, 0.717) is 0 Å². The van der Waals surface area contributed by atoms with Gasteiger partial charge >= 0.3 is 283 Å². The van der Waals surface area contributed by atoms with Crippen molar-refractivity contribution in [2.24, 2.45) is 0 Å². The predicted molar refractivity (Wildman–Crippen MR) is 195 cm³/mol. The van der Waals surface area contributed by atoms with Crippen LogP contribution in [0, 0.1) is 41.5 Å². The number of hydrogen-bond donors (Lipinski definition) is 0. The van der Waals surface area contributed by atoms with Gasteiger partial charge in [0.25, 0.3) is 0 Å². The number of allylic oxidation sites excluding steroid dienone is 4. The molecule has 3 aromatic rings. The van der Waals surface area contributed by atoms with Crippen molar-refractivity contribution >= 4 is 40.7 Å². The Morgan fingerprint density at radius 3 is 0.979 bits per heavy atom. The van der Waals surface area contributed by atoms with Crippen LogP contribution in [0.4, 0.5) is 17.1 Å². The number of halogens is 3. The molecule has 1 atom stereocenters. The van der Waals surface area contributed by atoms with Gasteiger partial charge in [-0.05, 0) is 0 Å². The van der Waals surface area contributed by atoms with Crippen LogP contribution in [-0.2, 0) is 20.4 Å². The molecule has 0 aromatic heterocycles. The standard InChI is InChI=1S/C39H54N3Si.3ClH.Ti/c1-24-17-33(40(11)12)20-36(29(24)6)43(39(10)23-27(4)28(5)32(39)9,37-21-34(41(13)14)18-25(2)30(37)7)38-22-35(42(15)16)19-26(3)31(38)8;;;;/h17-22H,1-16H3;3*1H;/q;;;;+3/p-3. The molecule has 0 fully saturated rings. The fourth-order valence-corrected chi connectivity index (χ4v) is 16.2. The first-order valence-corrected chi connectivity index (χ1v) is 18.6. The van der Waals surface area contributed by atoms with Crippen molar-refractivity contribution in [3.63, 3.8) is 0 Å². The Morgan fingerprint density at radius 1 is 0.489 bits per heavy atom. The molecular weight excluding hydrogens is 693 g/mol. The first-order chi connectivity index (χ1) is 20.3. The summed E-state index contributed by atoms with van der Waals surface area (Å²) in [6.07, 6.45) is 0. The van der Waals surface area contributed by atoms with E-state index in [1.807, 2.05) is 0 Å². The molecule has 0 aliphatic heterocycles. The van der Waals surface area contributed by atoms with E-state index in [4.69, 9.17) is 0 Å². The Bertz CT molecular complexity index is 1550. The van der Waals surface area contributed by atoms with Gasteiger partial charge in [-0.2, -0.15) is 0 Å². The number of nitrogens with zero attached hydrogens (tertiary/aromatic N) is 3. The summed E-state index contributed by atoms with van der Waals surface area (Å²) in [5, 5.41) is 4.40. The predicted octanol–water partition coefficient (Wildman–Crippen LogP) is -1.85. The molecule has 0 saturated heterocycles. The fraction of sp³-hybridized carbons (Fsp3) is 0.436. The third-order valence-electron chi connectivity index (χ3n) is 11.2. The summed E-state index contributed by atoms with van der Waals surface area (Å²) in [5.74, 6) is 0. The first-order valence-electron chi connectivity index (χ1n) is 15.8. The molecule has 0 radical (unpaired) electrons. The molecule has 3 nitrogen and oxygen atoms in total. The Balaban J connectivity index is 0.00000368. The van der Waals surface area contributed by atoms with Crippen molar-refractivity contribution < 1.29 is 57.7 Å². The molecule has 1 aliphatic carbocycles. The van der Waals surface area contributed by atoms with Crippen molar-refractivity contribution in [3.05, 3.63) is 90.4 Å². The summed E-state index contributed by atoms with van der Waals surface area (Å²) < 4.78 is 1.52. The minimum atomic E-state index is -2.98. The smallest absolute Gasteiger partial charge is 1.00 e. The van der Waals surface area contributed by atoms with Gasteiger partial charge in [-0.1, -0.05) is 0 Å². The van der Waals surface area contributed by atoms with Gasteiger partial charge in [-0.3, -0.25) is 0 Å². The van der Waals surface area contributed by atoms with Crippen LogP contribution in [0.25, 0.3) is 0 Å². The van der Waals surface area contributed by atoms with E-state index in [2.05, 4.69) is 183 Å². The quantitative estimate of drug-likeness (QED) is 0.208. The van der Waals surface area contributed by atoms with Crippen LogP contribution in [0.5, 0.6) is 0 Å². The summed E-state index contributed by atoms with van der Waals surface area (Å²) in [5.41, 5.74) is 16.6. The Labute approximate surface area is 317 Å². The second-order valence-electron chi connectivity index (χ2n) is 14.1. The van der Waals surface area contributed by atoms with Crippen molar-refractivity contribution in [2.75, 3.05) is 57.0 Å². The SMILES string of the molecule is CC1=C(C)C(C)([Si](c2cc(N(C)C)cc(C)c2C)(c2cc(N(C)C)cc(C)c2C)c2cc(N(C)C)cc(C)c2C)[C]([Ti+3])=C1C.[Cl-].[Cl-].[Cl-]. The van der Waals surface area contributed by atoms with E-state index in [0.717, 1.165) is 0 Å². The molecule has 4 rings (SSSR count). The minimum absolute atomic E-state index is 0. The van der Waals surface area contributed by atoms with Gasteiger partial charge in [0.05, 0.1) is 0 Å². The van der Waals surface area contributed by atoms with Gasteiger partial charge in [-0.25, -0.2) is 0 Å². The maximum Gasteiger partial charge on any atom is -1.00 e. The van der Waals surface area contributed by atoms with Crippen LogP contribution in [-0.4, -0.2) is 50.4 Å². The number of rotatable bonds is 7. The zero-order valence-corrected chi connectivity index (χ0v) is 36.3. The summed E-state index contributed by atoms with van der Waals surface area (Å²) in [4.78, 5) is 6.87. The van der Waals surface area contributed by atoms with Crippen LogP contribution < -0.4 is 67.5 Å². The molecule has 0 heterocycles. The fourth-order valence-electron chi connectivity index (χ4n) is 7.58. The molecule has 47 heavy (non-hydrogen) atoms. The molecule has 1 unspecified atom stereocenters. The zero-order valence-electron chi connectivity index (χ0n) is 31.4. The van der Waals surface area contributed by atoms with E-state index < -0.39 is 8.07 Å². The van der Waals surface area contributed by atoms with Gasteiger partial charge in [0, 0.05) is 0 Å². The van der Waals surface area contributed by atoms with E-state index >= 15 is 0 Å². The average molecular weight is 747 g/mol. The number of benzene rings is 3. The van der Waals surface area contributed by atoms with Crippen LogP contribution in [0.1, 0.15) is 61.1 Å². The van der Waals surface area contributed by atoms with Crippen LogP contribution in [0.15, 0.2) is 57.0 Å². The van der Waals surface area contributed by atoms with Crippen molar-refractivity contribution in [3.8, 4) is 0 Å². The Hall–Kier alpha value is -1.66. The minimum Gasteiger partial charge on any atom is -1.00 e. The molecular formula is C39H54Cl3N3SiTi. The molecule has 0 bridgehead atoms. The Kier molecular flexibility index (Phi) is 14.3. The van der Waals surface area contributed by atoms with E-state index in [1.54, 1.807) is 0 Å². The monoisotopic (exact) mass is 745 g/mol. The van der Waals surface area contributed by atoms with Crippen molar-refractivity contribution in [1.29, 1.82) is 0 Å². The molecule has 1 aliphatic rings. The largest absolute Gasteiger partial charge is 1.00 e. The molecule has 0 N–H and O–H groups in total. The van der Waals surface area contributed by atoms with Gasteiger partial charge < -0.3 is 37.2 Å². The van der Waals surface area contributed by atoms with Crippen LogP contribution >= 0.6 is 0 Å². The molecule has 254 valence electrons. The molecule has 3 aromatic carbocycles. The van der Waals surface area contributed by atoms with E-state index in [1.165, 1.54) is 86.6 Å². The average Bonchev–Trinajstić information content (AvgIpc) is 3.10. The maximum absolute atomic E-state index is 2.98. The van der Waals surface area contributed by atoms with Gasteiger partial charge in [0.1, 0.15) is 0 Å². The van der Waals surface area contributed by atoms with Crippen LogP contribution in [0.3, 0.4) is 0 Å². The normalized spacial score (nSPS) is 16.0. The van der Waals surface area contributed by atoms with Crippen LogP contribution in [0.2, 0.25) is 5.04 Å². The van der Waals surface area contributed by atoms with Gasteiger partial charge in [0.15, 0.2) is 0 Å². The summed E-state index contributed by atoms with van der Waals surface area (Å²) in [7, 11) is 10.1. The molecule has 0 amide bonds. The van der Waals surface area contributed by atoms with Gasteiger partial charge in [0.2, 0.25) is 0 Å². The van der Waals surface area contributed by atoms with Crippen molar-refractivity contribution in [2.45, 2.75) is 74.3 Å². The van der Waals surface area contributed by atoms with Crippen molar-refractivity contribution in [1.82, 2.24) is 0 Å². The number of hydrogen-bond acceptors (Lipinski definition) is 3. The summed E-state index contributed by atoms with van der Waals surface area (Å²) in [6, 6.07) is 14.8. The first kappa shape index (κ1) is 43.4. The topological polar surface area (TPSA) is 9.72 Å². The number of anilines is 3. The summed E-state index contributed by atoms with van der Waals surface area (Å²) in [6.45, 7) is 23.9. The van der Waals surface area contributed by atoms with E-state index in [-0.39, 0.29) is 42.3 Å². The third kappa shape index (κ3) is 6.65. The van der Waals surface area contributed by atoms with E-state index in [9.17, 15) is 0 Å². The maximum atomic E-state index is 2.61. The second-order valence-corrected chi connectivity index (χ2v) is 19.0. The summed E-state index contributed by atoms with van der Waals surface area (Å²) >= 11 is 2.44. The second kappa shape index (κ2) is 15.5. The molecule has 0 spiro atoms. The third-order valence-corrected chi connectivity index (χ3v) is 19.1. The Morgan fingerprint density at radius 2 is 0.766 bits per heavy atom. The number of aryl methyl sites for hydroxylation is 3.